The summed E-state index contributed by atoms with van der Waals surface area (Å²) in [5.74, 6) is -2.73. The number of aliphatic hydroxyl groups excluding tert-OH is 1. The summed E-state index contributed by atoms with van der Waals surface area (Å²) in [7, 11) is 0. The topological polar surface area (TPSA) is 149 Å². The lowest BCUT2D eigenvalue weighted by atomic mass is 9.81. The molecule has 6 rings (SSSR count). The van der Waals surface area contributed by atoms with Gasteiger partial charge in [0.2, 0.25) is 17.7 Å². The normalized spacial score (nSPS) is 25.1. The van der Waals surface area contributed by atoms with E-state index in [0.717, 1.165) is 0 Å². The molecule has 1 spiro atoms. The Kier molecular flexibility index (Phi) is 4.84. The molecule has 4 aliphatic rings. The van der Waals surface area contributed by atoms with Crippen molar-refractivity contribution in [2.45, 2.75) is 37.6 Å². The number of cyclic esters (lactones) is 1. The lowest BCUT2D eigenvalue weighted by molar-refractivity contribution is -0.173. The number of phenols is 2. The fourth-order valence-electron chi connectivity index (χ4n) is 5.09. The summed E-state index contributed by atoms with van der Waals surface area (Å²) in [6.07, 6.45) is -1.30. The van der Waals surface area contributed by atoms with E-state index in [1.165, 1.54) is 24.3 Å². The SMILES string of the molecule is O=C1CCC2=C1C(O)OC1=C2[C@@]2(Cc3ccc(O)c(c3)Oc3cc(ccc3O)CCOC2=O)OC1=O. The Morgan fingerprint density at radius 2 is 1.58 bits per heavy atom. The van der Waals surface area contributed by atoms with E-state index in [-0.39, 0.29) is 78.0 Å². The first kappa shape index (κ1) is 22.2. The summed E-state index contributed by atoms with van der Waals surface area (Å²) >= 11 is 0. The molecule has 1 aliphatic carbocycles. The number of carbonyl (C=O) groups is 3. The molecule has 2 aromatic rings. The zero-order valence-corrected chi connectivity index (χ0v) is 18.8. The second-order valence-corrected chi connectivity index (χ2v) is 8.98. The van der Waals surface area contributed by atoms with Gasteiger partial charge in [-0.1, -0.05) is 12.1 Å². The van der Waals surface area contributed by atoms with Crippen LogP contribution in [0.25, 0.3) is 0 Å². The first-order valence-electron chi connectivity index (χ1n) is 11.3. The molecular formula is C26H20O10. The number of esters is 2. The van der Waals surface area contributed by atoms with Crippen LogP contribution in [0, 0.1) is 0 Å². The van der Waals surface area contributed by atoms with E-state index in [1.807, 2.05) is 0 Å². The zero-order valence-electron chi connectivity index (χ0n) is 18.8. The molecule has 2 aromatic carbocycles. The molecule has 10 nitrogen and oxygen atoms in total. The van der Waals surface area contributed by atoms with Gasteiger partial charge in [0.15, 0.2) is 28.8 Å². The largest absolute Gasteiger partial charge is 0.504 e. The highest BCUT2D eigenvalue weighted by Gasteiger charge is 2.60. The summed E-state index contributed by atoms with van der Waals surface area (Å²) in [4.78, 5) is 39.0. The average Bonchev–Trinajstić information content (AvgIpc) is 3.36. The highest BCUT2D eigenvalue weighted by atomic mass is 16.7. The Morgan fingerprint density at radius 3 is 2.33 bits per heavy atom. The van der Waals surface area contributed by atoms with Gasteiger partial charge in [-0.2, -0.15) is 0 Å². The summed E-state index contributed by atoms with van der Waals surface area (Å²) in [6, 6.07) is 8.95. The van der Waals surface area contributed by atoms with Gasteiger partial charge in [-0.25, -0.2) is 9.59 Å². The first-order valence-corrected chi connectivity index (χ1v) is 11.3. The third-order valence-electron chi connectivity index (χ3n) is 6.76. The molecule has 4 bridgehead atoms. The molecule has 184 valence electrons. The molecule has 10 heteroatoms. The summed E-state index contributed by atoms with van der Waals surface area (Å²) in [5.41, 5.74) is -0.462. The molecule has 0 radical (unpaired) electrons. The number of benzene rings is 2. The van der Waals surface area contributed by atoms with Gasteiger partial charge in [-0.05, 0) is 47.4 Å². The molecule has 1 unspecified atom stereocenters. The molecule has 0 fully saturated rings. The van der Waals surface area contributed by atoms with E-state index in [9.17, 15) is 29.7 Å². The fourth-order valence-corrected chi connectivity index (χ4v) is 5.09. The molecule has 2 atom stereocenters. The van der Waals surface area contributed by atoms with Crippen LogP contribution in [0.2, 0.25) is 0 Å². The Bertz CT molecular complexity index is 1420. The van der Waals surface area contributed by atoms with Gasteiger partial charge in [0, 0.05) is 19.3 Å². The standard InChI is InChI=1S/C26H20O10/c27-15-4-1-12-7-8-33-25(32)26(11-13-2-5-16(28)19(10-13)34-18(15)9-12)21-14-3-6-17(29)20(14)23(30)35-22(21)24(31)36-26/h1-2,4-5,9-10,23,27-28,30H,3,6-8,11H2/t23?,26-/m1/s1. The van der Waals surface area contributed by atoms with E-state index in [4.69, 9.17) is 18.9 Å². The van der Waals surface area contributed by atoms with Crippen molar-refractivity contribution in [2.75, 3.05) is 6.61 Å². The Balaban J connectivity index is 1.51. The van der Waals surface area contributed by atoms with Crippen molar-refractivity contribution >= 4 is 17.7 Å². The highest BCUT2D eigenvalue weighted by molar-refractivity contribution is 6.06. The Hall–Kier alpha value is -4.31. The number of hydrogen-bond donors (Lipinski definition) is 3. The van der Waals surface area contributed by atoms with Crippen LogP contribution in [0.15, 0.2) is 58.9 Å². The fraction of sp³-hybridized carbons (Fsp3) is 0.269. The summed E-state index contributed by atoms with van der Waals surface area (Å²) in [6.45, 7) is -0.0812. The molecule has 3 N–H and O–H groups in total. The van der Waals surface area contributed by atoms with E-state index in [1.54, 1.807) is 12.1 Å². The van der Waals surface area contributed by atoms with Crippen LogP contribution in [0.3, 0.4) is 0 Å². The second kappa shape index (κ2) is 7.85. The maximum absolute atomic E-state index is 13.7. The smallest absolute Gasteiger partial charge is 0.375 e. The third kappa shape index (κ3) is 3.25. The minimum absolute atomic E-state index is 0.00312. The molecule has 3 aliphatic heterocycles. The Morgan fingerprint density at radius 1 is 0.889 bits per heavy atom. The van der Waals surface area contributed by atoms with Gasteiger partial charge in [0.05, 0.1) is 17.8 Å². The van der Waals surface area contributed by atoms with E-state index in [0.29, 0.717) is 16.7 Å². The number of ketones is 1. The second-order valence-electron chi connectivity index (χ2n) is 8.98. The minimum atomic E-state index is -1.99. The predicted molar refractivity (Wildman–Crippen MR) is 119 cm³/mol. The molecule has 0 amide bonds. The molecule has 36 heavy (non-hydrogen) atoms. The molecule has 0 saturated carbocycles. The van der Waals surface area contributed by atoms with E-state index < -0.39 is 23.8 Å². The van der Waals surface area contributed by atoms with Crippen LogP contribution < -0.4 is 4.74 Å². The van der Waals surface area contributed by atoms with Crippen molar-refractivity contribution < 1.29 is 48.7 Å². The lowest BCUT2D eigenvalue weighted by Crippen LogP contribution is -2.46. The number of ether oxygens (including phenoxy) is 4. The van der Waals surface area contributed by atoms with Crippen molar-refractivity contribution in [1.29, 1.82) is 0 Å². The number of aromatic hydroxyl groups is 2. The van der Waals surface area contributed by atoms with Crippen LogP contribution in [0.1, 0.15) is 24.0 Å². The van der Waals surface area contributed by atoms with Gasteiger partial charge in [0.25, 0.3) is 0 Å². The van der Waals surface area contributed by atoms with Gasteiger partial charge in [-0.3, -0.25) is 4.79 Å². The molecule has 0 aromatic heterocycles. The molecule has 3 heterocycles. The van der Waals surface area contributed by atoms with Crippen LogP contribution in [-0.4, -0.2) is 51.5 Å². The maximum Gasteiger partial charge on any atom is 0.375 e. The van der Waals surface area contributed by atoms with E-state index >= 15 is 0 Å². The van der Waals surface area contributed by atoms with Crippen LogP contribution in [-0.2, 0) is 41.4 Å². The third-order valence-corrected chi connectivity index (χ3v) is 6.76. The van der Waals surface area contributed by atoms with E-state index in [2.05, 4.69) is 0 Å². The number of Topliss-reactive ketones (excluding diaryl/α,β-unsaturated/α-hetero) is 1. The average molecular weight is 492 g/mol. The zero-order chi connectivity index (χ0) is 25.2. The summed E-state index contributed by atoms with van der Waals surface area (Å²) in [5, 5.41) is 31.0. The quantitative estimate of drug-likeness (QED) is 0.467. The van der Waals surface area contributed by atoms with Crippen molar-refractivity contribution in [1.82, 2.24) is 0 Å². The first-order chi connectivity index (χ1) is 17.3. The van der Waals surface area contributed by atoms with Gasteiger partial charge >= 0.3 is 11.9 Å². The monoisotopic (exact) mass is 492 g/mol. The van der Waals surface area contributed by atoms with Crippen LogP contribution >= 0.6 is 0 Å². The van der Waals surface area contributed by atoms with Crippen molar-refractivity contribution in [3.63, 3.8) is 0 Å². The number of phenolic OH excluding ortho intramolecular Hbond substituents is 2. The highest BCUT2D eigenvalue weighted by Crippen LogP contribution is 2.50. The van der Waals surface area contributed by atoms with Crippen molar-refractivity contribution in [3.8, 4) is 23.0 Å². The summed E-state index contributed by atoms with van der Waals surface area (Å²) < 4.78 is 22.4. The minimum Gasteiger partial charge on any atom is -0.504 e. The lowest BCUT2D eigenvalue weighted by Gasteiger charge is -2.31. The van der Waals surface area contributed by atoms with Gasteiger partial charge in [0.1, 0.15) is 0 Å². The number of rotatable bonds is 0. The molecular weight excluding hydrogens is 472 g/mol. The predicted octanol–water partition coefficient (Wildman–Crippen LogP) is 2.09. The maximum atomic E-state index is 13.7. The van der Waals surface area contributed by atoms with Crippen LogP contribution in [0.5, 0.6) is 23.0 Å². The van der Waals surface area contributed by atoms with Crippen molar-refractivity contribution in [3.05, 3.63) is 70.0 Å². The Labute approximate surface area is 204 Å². The van der Waals surface area contributed by atoms with Gasteiger partial charge in [-0.15, -0.1) is 0 Å². The number of carbonyl (C=O) groups excluding carboxylic acids is 3. The van der Waals surface area contributed by atoms with Crippen molar-refractivity contribution in [2.24, 2.45) is 0 Å². The number of hydrogen-bond acceptors (Lipinski definition) is 10. The number of aliphatic hydroxyl groups is 1. The van der Waals surface area contributed by atoms with Gasteiger partial charge < -0.3 is 34.3 Å². The molecule has 0 saturated heterocycles. The number of fused-ring (bicyclic) bond motifs is 6. The van der Waals surface area contributed by atoms with Crippen LogP contribution in [0.4, 0.5) is 0 Å².